The van der Waals surface area contributed by atoms with Crippen LogP contribution in [0.4, 0.5) is 0 Å². The van der Waals surface area contributed by atoms with Crippen molar-refractivity contribution < 1.29 is 9.59 Å². The van der Waals surface area contributed by atoms with Crippen LogP contribution >= 0.6 is 0 Å². The van der Waals surface area contributed by atoms with E-state index in [0.29, 0.717) is 29.8 Å². The number of aromatic nitrogens is 1. The number of amides is 2. The van der Waals surface area contributed by atoms with Gasteiger partial charge in [0.2, 0.25) is 5.91 Å². The first-order valence-corrected chi connectivity index (χ1v) is 11.5. The van der Waals surface area contributed by atoms with Crippen LogP contribution in [-0.4, -0.2) is 22.2 Å². The molecule has 7 nitrogen and oxygen atoms in total. The lowest BCUT2D eigenvalue weighted by Gasteiger charge is -2.09. The number of hydrogen-bond donors (Lipinski definition) is 2. The number of amidine groups is 1. The molecule has 3 aromatic carbocycles. The van der Waals surface area contributed by atoms with E-state index in [4.69, 9.17) is 0 Å². The van der Waals surface area contributed by atoms with Gasteiger partial charge in [0.15, 0.2) is 0 Å². The van der Waals surface area contributed by atoms with Crippen molar-refractivity contribution in [1.29, 1.82) is 0 Å². The normalized spacial score (nSPS) is 12.4. The molecule has 0 spiro atoms. The average Bonchev–Trinajstić information content (AvgIpc) is 3.31. The summed E-state index contributed by atoms with van der Waals surface area (Å²) in [4.78, 5) is 36.8. The van der Waals surface area contributed by atoms with Crippen LogP contribution in [0.2, 0.25) is 0 Å². The Bertz CT molecular complexity index is 1610. The molecule has 0 saturated carbocycles. The van der Waals surface area contributed by atoms with Crippen molar-refractivity contribution in [3.63, 3.8) is 0 Å². The number of rotatable bonds is 4. The molecule has 2 heterocycles. The van der Waals surface area contributed by atoms with E-state index in [1.807, 2.05) is 54.6 Å². The minimum Gasteiger partial charge on any atom is -0.311 e. The molecule has 176 valence electrons. The predicted octanol–water partition coefficient (Wildman–Crippen LogP) is 3.21. The highest BCUT2D eigenvalue weighted by molar-refractivity contribution is 6.13. The summed E-state index contributed by atoms with van der Waals surface area (Å²) in [7, 11) is 0. The molecule has 0 fully saturated rings. The fourth-order valence-electron chi connectivity index (χ4n) is 3.92. The van der Waals surface area contributed by atoms with Crippen LogP contribution in [0.3, 0.4) is 0 Å². The van der Waals surface area contributed by atoms with E-state index >= 15 is 0 Å². The number of carbonyl (C=O) groups excluding carboxylic acids is 2. The molecular weight excluding hydrogens is 452 g/mol. The summed E-state index contributed by atoms with van der Waals surface area (Å²) in [5.74, 6) is 6.03. The smallest absolute Gasteiger partial charge is 0.258 e. The molecule has 1 aliphatic heterocycles. The molecule has 1 aromatic heterocycles. The Balaban J connectivity index is 1.30. The van der Waals surface area contributed by atoms with Gasteiger partial charge in [0.05, 0.1) is 13.0 Å². The summed E-state index contributed by atoms with van der Waals surface area (Å²) in [6, 6.07) is 24.6. The molecule has 36 heavy (non-hydrogen) atoms. The summed E-state index contributed by atoms with van der Waals surface area (Å²) in [6.07, 6.45) is 2.47. The molecule has 0 saturated heterocycles. The molecule has 0 aliphatic carbocycles. The van der Waals surface area contributed by atoms with Gasteiger partial charge < -0.3 is 9.88 Å². The first kappa shape index (κ1) is 22.8. The second-order valence-corrected chi connectivity index (χ2v) is 8.44. The maximum Gasteiger partial charge on any atom is 0.258 e. The monoisotopic (exact) mass is 474 g/mol. The van der Waals surface area contributed by atoms with Crippen LogP contribution in [0, 0.1) is 11.8 Å². The summed E-state index contributed by atoms with van der Waals surface area (Å²) in [5.41, 5.74) is 5.46. The molecule has 2 amide bonds. The number of nitrogens with zero attached hydrogens (tertiary/aromatic N) is 2. The van der Waals surface area contributed by atoms with Crippen molar-refractivity contribution in [2.24, 2.45) is 5.10 Å². The highest BCUT2D eigenvalue weighted by atomic mass is 16.2. The van der Waals surface area contributed by atoms with Crippen LogP contribution in [0.25, 0.3) is 10.8 Å². The van der Waals surface area contributed by atoms with Crippen molar-refractivity contribution in [3.05, 3.63) is 118 Å². The zero-order valence-electron chi connectivity index (χ0n) is 19.3. The van der Waals surface area contributed by atoms with Gasteiger partial charge >= 0.3 is 0 Å². The molecule has 0 radical (unpaired) electrons. The number of hydrazone groups is 1. The highest BCUT2D eigenvalue weighted by Crippen LogP contribution is 2.13. The lowest BCUT2D eigenvalue weighted by molar-refractivity contribution is -0.119. The lowest BCUT2D eigenvalue weighted by atomic mass is 10.1. The number of pyridine rings is 1. The third kappa shape index (κ3) is 5.24. The van der Waals surface area contributed by atoms with Gasteiger partial charge in [0.1, 0.15) is 5.84 Å². The summed E-state index contributed by atoms with van der Waals surface area (Å²) < 4.78 is 1.64. The van der Waals surface area contributed by atoms with Gasteiger partial charge in [-0.2, -0.15) is 5.10 Å². The highest BCUT2D eigenvalue weighted by Gasteiger charge is 2.17. The summed E-state index contributed by atoms with van der Waals surface area (Å²) >= 11 is 0. The minimum atomic E-state index is -0.347. The Morgan fingerprint density at radius 2 is 1.78 bits per heavy atom. The Morgan fingerprint density at radius 3 is 2.53 bits per heavy atom. The molecule has 2 N–H and O–H groups in total. The van der Waals surface area contributed by atoms with Crippen LogP contribution in [0.1, 0.15) is 33.5 Å². The third-order valence-electron chi connectivity index (χ3n) is 5.82. The van der Waals surface area contributed by atoms with E-state index in [0.717, 1.165) is 22.1 Å². The quantitative estimate of drug-likeness (QED) is 0.445. The zero-order valence-corrected chi connectivity index (χ0v) is 19.3. The van der Waals surface area contributed by atoms with Gasteiger partial charge in [0.25, 0.3) is 11.5 Å². The largest absolute Gasteiger partial charge is 0.311 e. The van der Waals surface area contributed by atoms with Crippen LogP contribution < -0.4 is 16.3 Å². The molecule has 0 atom stereocenters. The average molecular weight is 475 g/mol. The molecule has 1 aliphatic rings. The van der Waals surface area contributed by atoms with E-state index in [2.05, 4.69) is 27.7 Å². The van der Waals surface area contributed by atoms with E-state index in [9.17, 15) is 14.4 Å². The first-order chi connectivity index (χ1) is 17.5. The molecular formula is C29H22N4O3. The Kier molecular flexibility index (Phi) is 6.41. The minimum absolute atomic E-state index is 0.0506. The summed E-state index contributed by atoms with van der Waals surface area (Å²) in [6.45, 7) is 0.367. The number of nitrogens with one attached hydrogen (secondary N) is 2. The maximum absolute atomic E-state index is 13.2. The van der Waals surface area contributed by atoms with Crippen molar-refractivity contribution >= 4 is 28.4 Å². The fraction of sp³-hybridized carbons (Fsp3) is 0.103. The van der Waals surface area contributed by atoms with Crippen molar-refractivity contribution in [1.82, 2.24) is 15.3 Å². The van der Waals surface area contributed by atoms with Gasteiger partial charge in [-0.1, -0.05) is 60.4 Å². The number of hydrogen-bond acceptors (Lipinski definition) is 4. The number of benzene rings is 3. The second kappa shape index (κ2) is 10.1. The van der Waals surface area contributed by atoms with Crippen molar-refractivity contribution in [2.75, 3.05) is 0 Å². The van der Waals surface area contributed by atoms with Crippen molar-refractivity contribution in [3.8, 4) is 11.8 Å². The molecule has 0 unspecified atom stereocenters. The van der Waals surface area contributed by atoms with Crippen molar-refractivity contribution in [2.45, 2.75) is 19.4 Å². The molecule has 5 rings (SSSR count). The first-order valence-electron chi connectivity index (χ1n) is 11.5. The van der Waals surface area contributed by atoms with E-state index in [-0.39, 0.29) is 23.8 Å². The van der Waals surface area contributed by atoms with E-state index < -0.39 is 0 Å². The second-order valence-electron chi connectivity index (χ2n) is 8.44. The Hall–Kier alpha value is -4.96. The lowest BCUT2D eigenvalue weighted by Crippen LogP contribution is -2.29. The topological polar surface area (TPSA) is 92.6 Å². The van der Waals surface area contributed by atoms with E-state index in [1.165, 1.54) is 0 Å². The Morgan fingerprint density at radius 1 is 0.972 bits per heavy atom. The predicted molar refractivity (Wildman–Crippen MR) is 138 cm³/mol. The maximum atomic E-state index is 13.2. The van der Waals surface area contributed by atoms with Gasteiger partial charge in [-0.3, -0.25) is 14.4 Å². The third-order valence-corrected chi connectivity index (χ3v) is 5.82. The van der Waals surface area contributed by atoms with Crippen LogP contribution in [-0.2, 0) is 17.8 Å². The van der Waals surface area contributed by atoms with Crippen LogP contribution in [0.5, 0.6) is 0 Å². The van der Waals surface area contributed by atoms with Crippen LogP contribution in [0.15, 0.2) is 95.0 Å². The van der Waals surface area contributed by atoms with Gasteiger partial charge in [-0.05, 0) is 46.8 Å². The molecule has 0 bridgehead atoms. The van der Waals surface area contributed by atoms with E-state index in [1.54, 1.807) is 35.0 Å². The zero-order chi connectivity index (χ0) is 24.9. The number of carbonyl (C=O) groups is 2. The Labute approximate surface area is 207 Å². The fourth-order valence-corrected chi connectivity index (χ4v) is 3.92. The van der Waals surface area contributed by atoms with Gasteiger partial charge in [-0.15, -0.1) is 0 Å². The number of fused-ring (bicyclic) bond motifs is 1. The standard InChI is InChI=1S/C29H22N4O3/c34-27-18-26(31-32-27)30-28(35)24-13-10-22(11-14-24)19-33-16-15-23-12-9-21(17-25(23)29(33)36)8-4-7-20-5-2-1-3-6-20/h1-3,5-6,9-17H,7,18-19H2,(H,32,34)(H,30,31,35). The molecule has 7 heteroatoms. The SMILES string of the molecule is O=C1CC(NC(=O)c2ccc(Cn3ccc4ccc(C#CCc5ccccc5)cc4c3=O)cc2)=NN1. The molecule has 4 aromatic rings. The summed E-state index contributed by atoms with van der Waals surface area (Å²) in [5, 5.41) is 7.85. The van der Waals surface area contributed by atoms with Gasteiger partial charge in [-0.25, -0.2) is 5.43 Å². The van der Waals surface area contributed by atoms with Gasteiger partial charge in [0, 0.05) is 29.1 Å².